The molecule has 0 aliphatic carbocycles. The van der Waals surface area contributed by atoms with Gasteiger partial charge in [0.25, 0.3) is 0 Å². The van der Waals surface area contributed by atoms with E-state index in [9.17, 15) is 13.2 Å². The minimum atomic E-state index is -3.88. The first-order chi connectivity index (χ1) is 7.88. The molecule has 1 aromatic heterocycles. The van der Waals surface area contributed by atoms with Crippen molar-refractivity contribution in [2.45, 2.75) is 24.8 Å². The molecule has 2 N–H and O–H groups in total. The van der Waals surface area contributed by atoms with Crippen LogP contribution in [0.3, 0.4) is 0 Å². The number of H-pyrrole nitrogens is 1. The number of aromatic nitrogens is 1. The Morgan fingerprint density at radius 2 is 2.12 bits per heavy atom. The molecule has 0 saturated heterocycles. The lowest BCUT2D eigenvalue weighted by molar-refractivity contribution is 0.518. The zero-order valence-electron chi connectivity index (χ0n) is 9.60. The van der Waals surface area contributed by atoms with Gasteiger partial charge in [0.05, 0.1) is 6.04 Å². The Morgan fingerprint density at radius 1 is 1.47 bits per heavy atom. The van der Waals surface area contributed by atoms with E-state index in [1.807, 2.05) is 0 Å². The van der Waals surface area contributed by atoms with Gasteiger partial charge in [-0.3, -0.25) is 4.79 Å². The summed E-state index contributed by atoms with van der Waals surface area (Å²) in [5.74, 6) is 2.29. The number of rotatable bonds is 4. The van der Waals surface area contributed by atoms with E-state index in [1.165, 1.54) is 6.20 Å². The van der Waals surface area contributed by atoms with E-state index >= 15 is 0 Å². The lowest BCUT2D eigenvalue weighted by Gasteiger charge is -2.16. The summed E-state index contributed by atoms with van der Waals surface area (Å²) in [6.45, 7) is 3.59. The molecule has 0 aromatic carbocycles. The zero-order valence-corrected chi connectivity index (χ0v) is 10.4. The molecule has 92 valence electrons. The van der Waals surface area contributed by atoms with E-state index in [0.29, 0.717) is 0 Å². The number of nitrogens with one attached hydrogen (secondary N) is 2. The quantitative estimate of drug-likeness (QED) is 0.759. The number of sulfonamides is 1. The van der Waals surface area contributed by atoms with Crippen molar-refractivity contribution in [1.29, 1.82) is 0 Å². The van der Waals surface area contributed by atoms with Crippen LogP contribution in [0.25, 0.3) is 0 Å². The second-order valence-electron chi connectivity index (χ2n) is 3.88. The molecule has 1 atom stereocenters. The van der Waals surface area contributed by atoms with Crippen molar-refractivity contribution in [2.24, 2.45) is 5.92 Å². The molecular formula is C11H14N2O3S. The van der Waals surface area contributed by atoms with Crippen LogP contribution < -0.4 is 10.2 Å². The Bertz CT molecular complexity index is 581. The normalized spacial score (nSPS) is 13.3. The van der Waals surface area contributed by atoms with Crippen molar-refractivity contribution in [2.75, 3.05) is 0 Å². The van der Waals surface area contributed by atoms with E-state index in [2.05, 4.69) is 15.6 Å². The monoisotopic (exact) mass is 254 g/mol. The summed E-state index contributed by atoms with van der Waals surface area (Å²) >= 11 is 0. The highest BCUT2D eigenvalue weighted by molar-refractivity contribution is 7.89. The Kier molecular flexibility index (Phi) is 4.10. The third-order valence-electron chi connectivity index (χ3n) is 2.21. The van der Waals surface area contributed by atoms with Crippen LogP contribution in [0.5, 0.6) is 0 Å². The Morgan fingerprint density at radius 3 is 2.59 bits per heavy atom. The molecule has 0 amide bonds. The zero-order chi connectivity index (χ0) is 13.1. The molecule has 0 fully saturated rings. The van der Waals surface area contributed by atoms with Gasteiger partial charge in [0.2, 0.25) is 15.5 Å². The van der Waals surface area contributed by atoms with Gasteiger partial charge in [0.1, 0.15) is 4.90 Å². The molecule has 1 unspecified atom stereocenters. The SMILES string of the molecule is C#CC(NS(=O)(=O)c1c[nH]ccc1=O)C(C)C. The van der Waals surface area contributed by atoms with Crippen molar-refractivity contribution < 1.29 is 8.42 Å². The summed E-state index contributed by atoms with van der Waals surface area (Å²) in [4.78, 5) is 13.6. The summed E-state index contributed by atoms with van der Waals surface area (Å²) in [7, 11) is -3.88. The van der Waals surface area contributed by atoms with E-state index < -0.39 is 21.5 Å². The second-order valence-corrected chi connectivity index (χ2v) is 5.56. The highest BCUT2D eigenvalue weighted by Gasteiger charge is 2.22. The fraction of sp³-hybridized carbons (Fsp3) is 0.364. The van der Waals surface area contributed by atoms with Crippen molar-refractivity contribution in [3.8, 4) is 12.3 Å². The van der Waals surface area contributed by atoms with Gasteiger partial charge in [-0.25, -0.2) is 8.42 Å². The number of pyridine rings is 1. The second kappa shape index (κ2) is 5.17. The van der Waals surface area contributed by atoms with Crippen LogP contribution in [0.1, 0.15) is 13.8 Å². The molecule has 0 radical (unpaired) electrons. The molecule has 0 spiro atoms. The largest absolute Gasteiger partial charge is 0.366 e. The summed E-state index contributed by atoms with van der Waals surface area (Å²) < 4.78 is 26.1. The van der Waals surface area contributed by atoms with Crippen LogP contribution in [0.15, 0.2) is 28.2 Å². The maximum Gasteiger partial charge on any atom is 0.247 e. The van der Waals surface area contributed by atoms with Gasteiger partial charge in [-0.15, -0.1) is 6.42 Å². The first-order valence-corrected chi connectivity index (χ1v) is 6.52. The van der Waals surface area contributed by atoms with Crippen LogP contribution >= 0.6 is 0 Å². The molecule has 1 rings (SSSR count). The van der Waals surface area contributed by atoms with Gasteiger partial charge >= 0.3 is 0 Å². The van der Waals surface area contributed by atoms with Crippen molar-refractivity contribution in [3.05, 3.63) is 28.7 Å². The van der Waals surface area contributed by atoms with Crippen molar-refractivity contribution in [3.63, 3.8) is 0 Å². The Balaban J connectivity index is 3.11. The highest BCUT2D eigenvalue weighted by Crippen LogP contribution is 2.06. The fourth-order valence-corrected chi connectivity index (χ4v) is 2.56. The molecule has 0 bridgehead atoms. The maximum atomic E-state index is 11.9. The number of hydrogen-bond acceptors (Lipinski definition) is 3. The fourth-order valence-electron chi connectivity index (χ4n) is 1.20. The summed E-state index contributed by atoms with van der Waals surface area (Å²) in [6.07, 6.45) is 7.74. The number of terminal acetylenes is 1. The van der Waals surface area contributed by atoms with Crippen LogP contribution in [-0.2, 0) is 10.0 Å². The van der Waals surface area contributed by atoms with Gasteiger partial charge in [-0.05, 0) is 5.92 Å². The predicted octanol–water partition coefficient (Wildman–Crippen LogP) is 0.311. The molecule has 0 aliphatic heterocycles. The van der Waals surface area contributed by atoms with Gasteiger partial charge in [-0.2, -0.15) is 4.72 Å². The average Bonchev–Trinajstić information content (AvgIpc) is 2.26. The average molecular weight is 254 g/mol. The minimum Gasteiger partial charge on any atom is -0.366 e. The molecule has 17 heavy (non-hydrogen) atoms. The van der Waals surface area contributed by atoms with Gasteiger partial charge < -0.3 is 4.98 Å². The molecule has 6 heteroatoms. The lowest BCUT2D eigenvalue weighted by Crippen LogP contribution is -2.39. The van der Waals surface area contributed by atoms with E-state index in [-0.39, 0.29) is 10.8 Å². The van der Waals surface area contributed by atoms with E-state index in [1.54, 1.807) is 13.8 Å². The van der Waals surface area contributed by atoms with Gasteiger partial charge in [0, 0.05) is 18.5 Å². The van der Waals surface area contributed by atoms with Crippen LogP contribution in [-0.4, -0.2) is 19.4 Å². The number of aromatic amines is 1. The Hall–Kier alpha value is -1.58. The Labute approximate surface area is 100 Å². The molecular weight excluding hydrogens is 240 g/mol. The minimum absolute atomic E-state index is 0.0578. The molecule has 1 aromatic rings. The van der Waals surface area contributed by atoms with Crippen molar-refractivity contribution >= 4 is 10.0 Å². The lowest BCUT2D eigenvalue weighted by atomic mass is 10.1. The van der Waals surface area contributed by atoms with Crippen LogP contribution in [0.2, 0.25) is 0 Å². The summed E-state index contributed by atoms with van der Waals surface area (Å²) in [5.41, 5.74) is -0.573. The first kappa shape index (κ1) is 13.5. The standard InChI is InChI=1S/C11H14N2O3S/c1-4-9(8(2)3)13-17(15,16)11-7-12-6-5-10(11)14/h1,5-9,13H,2-3H3,(H,12,14). The summed E-state index contributed by atoms with van der Waals surface area (Å²) in [6, 6.07) is 0.508. The molecule has 1 heterocycles. The number of hydrogen-bond donors (Lipinski definition) is 2. The first-order valence-electron chi connectivity index (χ1n) is 5.04. The van der Waals surface area contributed by atoms with Gasteiger partial charge in [-0.1, -0.05) is 19.8 Å². The molecule has 0 aliphatic rings. The van der Waals surface area contributed by atoms with E-state index in [4.69, 9.17) is 6.42 Å². The van der Waals surface area contributed by atoms with Crippen LogP contribution in [0, 0.1) is 18.3 Å². The third-order valence-corrected chi connectivity index (χ3v) is 3.67. The van der Waals surface area contributed by atoms with Crippen molar-refractivity contribution in [1.82, 2.24) is 9.71 Å². The highest BCUT2D eigenvalue weighted by atomic mass is 32.2. The van der Waals surface area contributed by atoms with E-state index in [0.717, 1.165) is 12.3 Å². The topological polar surface area (TPSA) is 79.0 Å². The third kappa shape index (κ3) is 3.19. The summed E-state index contributed by atoms with van der Waals surface area (Å²) in [5, 5.41) is 0. The predicted molar refractivity (Wildman–Crippen MR) is 64.8 cm³/mol. The van der Waals surface area contributed by atoms with Gasteiger partial charge in [0.15, 0.2) is 0 Å². The molecule has 5 nitrogen and oxygen atoms in total. The van der Waals surface area contributed by atoms with Crippen LogP contribution in [0.4, 0.5) is 0 Å². The maximum absolute atomic E-state index is 11.9. The molecule has 0 saturated carbocycles. The smallest absolute Gasteiger partial charge is 0.247 e.